The molecule has 2 aromatic rings. The number of hydrazine groups is 1. The molecule has 2 aromatic carbocycles. The molecule has 0 radical (unpaired) electrons. The number of carbonyl (C=O) groups excluding carboxylic acids is 3. The monoisotopic (exact) mass is 356 g/mol. The highest BCUT2D eigenvalue weighted by Crippen LogP contribution is 2.10. The van der Waals surface area contributed by atoms with Crippen molar-refractivity contribution >= 4 is 24.0 Å². The molecule has 4 amide bonds. The molecule has 1 atom stereocenters. The molecule has 0 aromatic heterocycles. The van der Waals surface area contributed by atoms with Crippen LogP contribution in [0, 0.1) is 5.92 Å². The lowest BCUT2D eigenvalue weighted by Gasteiger charge is -2.20. The maximum Gasteiger partial charge on any atom is 0.337 e. The zero-order valence-corrected chi connectivity index (χ0v) is 14.0. The van der Waals surface area contributed by atoms with Crippen molar-refractivity contribution in [2.45, 2.75) is 6.42 Å². The van der Waals surface area contributed by atoms with Gasteiger partial charge in [0.1, 0.15) is 0 Å². The first-order chi connectivity index (χ1) is 12.6. The molecule has 0 spiro atoms. The highest BCUT2D eigenvalue weighted by Gasteiger charge is 2.22. The Labute approximate surface area is 150 Å². The van der Waals surface area contributed by atoms with Crippen LogP contribution in [0.25, 0.3) is 0 Å². The fourth-order valence-corrected chi connectivity index (χ4v) is 2.31. The van der Waals surface area contributed by atoms with Crippen LogP contribution in [0.3, 0.4) is 0 Å². The summed E-state index contributed by atoms with van der Waals surface area (Å²) in [6.45, 7) is -0.202. The molecule has 0 saturated heterocycles. The van der Waals surface area contributed by atoms with Gasteiger partial charge in [-0.15, -0.1) is 0 Å². The molecule has 0 bridgehead atoms. The summed E-state index contributed by atoms with van der Waals surface area (Å²) in [4.78, 5) is 34.8. The highest BCUT2D eigenvalue weighted by atomic mass is 16.5. The maximum absolute atomic E-state index is 12.3. The summed E-state index contributed by atoms with van der Waals surface area (Å²) in [5, 5.41) is 12.4. The van der Waals surface area contributed by atoms with E-state index >= 15 is 0 Å². The number of hydroxylamine groups is 2. The van der Waals surface area contributed by atoms with Crippen molar-refractivity contribution in [1.29, 1.82) is 0 Å². The summed E-state index contributed by atoms with van der Waals surface area (Å²) in [5.41, 5.74) is 5.98. The number of hydrogen-bond donors (Lipinski definition) is 4. The van der Waals surface area contributed by atoms with Crippen LogP contribution >= 0.6 is 0 Å². The van der Waals surface area contributed by atoms with Crippen molar-refractivity contribution < 1.29 is 19.6 Å². The van der Waals surface area contributed by atoms with E-state index in [1.54, 1.807) is 24.3 Å². The van der Waals surface area contributed by atoms with Crippen LogP contribution in [0.1, 0.15) is 5.56 Å². The third-order valence-corrected chi connectivity index (χ3v) is 3.56. The molecule has 136 valence electrons. The molecule has 0 fully saturated rings. The molecular formula is C18H20N4O4. The molecule has 8 heteroatoms. The third kappa shape index (κ3) is 6.25. The van der Waals surface area contributed by atoms with Gasteiger partial charge in [0.2, 0.25) is 12.3 Å². The van der Waals surface area contributed by atoms with Crippen molar-refractivity contribution in [3.63, 3.8) is 0 Å². The zero-order chi connectivity index (χ0) is 18.8. The van der Waals surface area contributed by atoms with Crippen molar-refractivity contribution in [3.8, 4) is 0 Å². The van der Waals surface area contributed by atoms with Crippen LogP contribution in [0.2, 0.25) is 0 Å². The number of nitrogens with one attached hydrogen (secondary N) is 3. The molecule has 0 saturated carbocycles. The van der Waals surface area contributed by atoms with Crippen LogP contribution in [0.15, 0.2) is 60.7 Å². The summed E-state index contributed by atoms with van der Waals surface area (Å²) in [6.07, 6.45) is 0.514. The number of rotatable bonds is 7. The zero-order valence-electron chi connectivity index (χ0n) is 14.0. The average Bonchev–Trinajstić information content (AvgIpc) is 2.67. The molecule has 1 unspecified atom stereocenters. The Balaban J connectivity index is 1.92. The minimum Gasteiger partial charge on any atom is -0.307 e. The molecule has 0 aliphatic rings. The van der Waals surface area contributed by atoms with E-state index in [2.05, 4.69) is 16.2 Å². The van der Waals surface area contributed by atoms with E-state index in [-0.39, 0.29) is 13.0 Å². The number of carbonyl (C=O) groups is 3. The SMILES string of the molecule is O=CN(O)CC(Cc1ccccc1)C(=O)NNC(=O)Nc1ccccc1. The van der Waals surface area contributed by atoms with E-state index in [1.165, 1.54) is 0 Å². The van der Waals surface area contributed by atoms with Gasteiger partial charge < -0.3 is 5.32 Å². The lowest BCUT2D eigenvalue weighted by molar-refractivity contribution is -0.154. The van der Waals surface area contributed by atoms with E-state index in [1.807, 2.05) is 36.4 Å². The Hall–Kier alpha value is -3.39. The van der Waals surface area contributed by atoms with Crippen LogP contribution in [-0.4, -0.2) is 35.2 Å². The lowest BCUT2D eigenvalue weighted by Crippen LogP contribution is -2.48. The summed E-state index contributed by atoms with van der Waals surface area (Å²) in [6, 6.07) is 17.3. The van der Waals surface area contributed by atoms with Crippen molar-refractivity contribution in [2.75, 3.05) is 11.9 Å². The first kappa shape index (κ1) is 18.9. The quantitative estimate of drug-likeness (QED) is 0.343. The van der Waals surface area contributed by atoms with Gasteiger partial charge in [-0.3, -0.25) is 20.2 Å². The summed E-state index contributed by atoms with van der Waals surface area (Å²) >= 11 is 0. The molecule has 4 N–H and O–H groups in total. The largest absolute Gasteiger partial charge is 0.337 e. The number of amides is 4. The third-order valence-electron chi connectivity index (χ3n) is 3.56. The summed E-state index contributed by atoms with van der Waals surface area (Å²) in [7, 11) is 0. The molecule has 8 nitrogen and oxygen atoms in total. The van der Waals surface area contributed by atoms with E-state index in [0.29, 0.717) is 17.2 Å². The average molecular weight is 356 g/mol. The Kier molecular flexibility index (Phi) is 7.14. The van der Waals surface area contributed by atoms with Gasteiger partial charge in [-0.25, -0.2) is 15.3 Å². The number of para-hydroxylation sites is 1. The summed E-state index contributed by atoms with van der Waals surface area (Å²) in [5.74, 6) is -1.28. The smallest absolute Gasteiger partial charge is 0.307 e. The second-order valence-electron chi connectivity index (χ2n) is 5.55. The number of benzene rings is 2. The van der Waals surface area contributed by atoms with Gasteiger partial charge in [0, 0.05) is 5.69 Å². The van der Waals surface area contributed by atoms with Gasteiger partial charge in [0.25, 0.3) is 0 Å². The van der Waals surface area contributed by atoms with E-state index in [9.17, 15) is 19.6 Å². The Morgan fingerprint density at radius 3 is 2.23 bits per heavy atom. The van der Waals surface area contributed by atoms with E-state index < -0.39 is 17.9 Å². The minimum atomic E-state index is -0.746. The van der Waals surface area contributed by atoms with Gasteiger partial charge in [-0.05, 0) is 24.1 Å². The van der Waals surface area contributed by atoms with Gasteiger partial charge in [0.15, 0.2) is 0 Å². The maximum atomic E-state index is 12.3. The number of nitrogens with zero attached hydrogens (tertiary/aromatic N) is 1. The van der Waals surface area contributed by atoms with Crippen LogP contribution in [-0.2, 0) is 16.0 Å². The fraction of sp³-hybridized carbons (Fsp3) is 0.167. The minimum absolute atomic E-state index is 0.202. The van der Waals surface area contributed by atoms with E-state index in [0.717, 1.165) is 5.56 Å². The lowest BCUT2D eigenvalue weighted by atomic mass is 9.98. The molecule has 26 heavy (non-hydrogen) atoms. The highest BCUT2D eigenvalue weighted by molar-refractivity contribution is 5.91. The van der Waals surface area contributed by atoms with E-state index in [4.69, 9.17) is 0 Å². The Bertz CT molecular complexity index is 724. The predicted molar refractivity (Wildman–Crippen MR) is 94.9 cm³/mol. The second kappa shape index (κ2) is 9.80. The topological polar surface area (TPSA) is 111 Å². The first-order valence-corrected chi connectivity index (χ1v) is 7.95. The van der Waals surface area contributed by atoms with Gasteiger partial charge in [-0.1, -0.05) is 48.5 Å². The molecule has 0 aliphatic carbocycles. The van der Waals surface area contributed by atoms with Gasteiger partial charge in [0.05, 0.1) is 12.5 Å². The predicted octanol–water partition coefficient (Wildman–Crippen LogP) is 1.55. The van der Waals surface area contributed by atoms with Crippen LogP contribution in [0.5, 0.6) is 0 Å². The normalized spacial score (nSPS) is 11.1. The molecule has 2 rings (SSSR count). The number of urea groups is 1. The number of hydrogen-bond acceptors (Lipinski definition) is 4. The number of anilines is 1. The Morgan fingerprint density at radius 2 is 1.62 bits per heavy atom. The van der Waals surface area contributed by atoms with Crippen LogP contribution in [0.4, 0.5) is 10.5 Å². The molecule has 0 heterocycles. The summed E-state index contributed by atoms with van der Waals surface area (Å²) < 4.78 is 0. The van der Waals surface area contributed by atoms with Gasteiger partial charge >= 0.3 is 6.03 Å². The Morgan fingerprint density at radius 1 is 1.00 bits per heavy atom. The van der Waals surface area contributed by atoms with Crippen molar-refractivity contribution in [1.82, 2.24) is 15.9 Å². The van der Waals surface area contributed by atoms with Crippen molar-refractivity contribution in [3.05, 3.63) is 66.2 Å². The van der Waals surface area contributed by atoms with Crippen molar-refractivity contribution in [2.24, 2.45) is 5.92 Å². The molecule has 0 aliphatic heterocycles. The fourth-order valence-electron chi connectivity index (χ4n) is 2.31. The van der Waals surface area contributed by atoms with Gasteiger partial charge in [-0.2, -0.15) is 0 Å². The second-order valence-corrected chi connectivity index (χ2v) is 5.55. The first-order valence-electron chi connectivity index (χ1n) is 7.95. The molecular weight excluding hydrogens is 336 g/mol. The van der Waals surface area contributed by atoms with Crippen LogP contribution < -0.4 is 16.2 Å². The standard InChI is InChI=1S/C18H20N4O4/c23-13-22(26)12-15(11-14-7-3-1-4-8-14)17(24)20-21-18(25)19-16-9-5-2-6-10-16/h1-10,13,15,26H,11-12H2,(H,20,24)(H2,19,21,25).